The van der Waals surface area contributed by atoms with Gasteiger partial charge >= 0.3 is 0 Å². The maximum atomic E-state index is 12.4. The number of carbonyl (C=O) groups is 1. The summed E-state index contributed by atoms with van der Waals surface area (Å²) in [5.41, 5.74) is 1.29. The zero-order chi connectivity index (χ0) is 15.1. The first-order valence-corrected chi connectivity index (χ1v) is 9.03. The van der Waals surface area contributed by atoms with Crippen molar-refractivity contribution >= 4 is 17.7 Å². The highest BCUT2D eigenvalue weighted by Gasteiger charge is 2.26. The van der Waals surface area contributed by atoms with Crippen LogP contribution in [0.2, 0.25) is 0 Å². The zero-order valence-electron chi connectivity index (χ0n) is 13.0. The van der Waals surface area contributed by atoms with E-state index >= 15 is 0 Å². The molecular formula is C17H26N2OS. The van der Waals surface area contributed by atoms with Crippen molar-refractivity contribution in [1.82, 2.24) is 10.2 Å². The molecule has 0 radical (unpaired) electrons. The second-order valence-corrected chi connectivity index (χ2v) is 6.81. The Bertz CT molecular complexity index is 432. The molecule has 1 aromatic rings. The van der Waals surface area contributed by atoms with Gasteiger partial charge in [-0.2, -0.15) is 11.8 Å². The third-order valence-corrected chi connectivity index (χ3v) is 5.33. The van der Waals surface area contributed by atoms with Crippen molar-refractivity contribution in [1.29, 1.82) is 0 Å². The monoisotopic (exact) mass is 306 g/mol. The minimum absolute atomic E-state index is 0.263. The highest BCUT2D eigenvalue weighted by atomic mass is 32.2. The molecule has 1 heterocycles. The normalized spacial score (nSPS) is 19.4. The quantitative estimate of drug-likeness (QED) is 0.840. The van der Waals surface area contributed by atoms with Gasteiger partial charge in [-0.3, -0.25) is 4.79 Å². The Kier molecular flexibility index (Phi) is 6.58. The van der Waals surface area contributed by atoms with Crippen LogP contribution < -0.4 is 5.32 Å². The number of nitrogens with zero attached hydrogens (tertiary/aromatic N) is 1. The van der Waals surface area contributed by atoms with Gasteiger partial charge in [0.25, 0.3) is 0 Å². The molecule has 1 aliphatic rings. The number of benzene rings is 1. The van der Waals surface area contributed by atoms with Crippen LogP contribution in [0.15, 0.2) is 30.3 Å². The van der Waals surface area contributed by atoms with E-state index in [1.807, 2.05) is 41.9 Å². The molecule has 1 amide bonds. The third kappa shape index (κ3) is 5.04. The highest BCUT2D eigenvalue weighted by molar-refractivity contribution is 7.99. The molecule has 0 aliphatic carbocycles. The van der Waals surface area contributed by atoms with Crippen LogP contribution in [0, 0.1) is 0 Å². The van der Waals surface area contributed by atoms with Gasteiger partial charge in [0.1, 0.15) is 0 Å². The number of hydrogen-bond donors (Lipinski definition) is 1. The summed E-state index contributed by atoms with van der Waals surface area (Å²) in [6.07, 6.45) is 6.12. The van der Waals surface area contributed by atoms with Gasteiger partial charge in [-0.1, -0.05) is 30.3 Å². The van der Waals surface area contributed by atoms with Gasteiger partial charge in [-0.15, -0.1) is 0 Å². The van der Waals surface area contributed by atoms with E-state index < -0.39 is 0 Å². The lowest BCUT2D eigenvalue weighted by atomic mass is 10.1. The Morgan fingerprint density at radius 3 is 2.81 bits per heavy atom. The van der Waals surface area contributed by atoms with Crippen molar-refractivity contribution in [3.8, 4) is 0 Å². The van der Waals surface area contributed by atoms with Crippen molar-refractivity contribution in [3.05, 3.63) is 35.9 Å². The highest BCUT2D eigenvalue weighted by Crippen LogP contribution is 2.22. The summed E-state index contributed by atoms with van der Waals surface area (Å²) in [4.78, 5) is 14.3. The Morgan fingerprint density at radius 1 is 1.43 bits per heavy atom. The van der Waals surface area contributed by atoms with Gasteiger partial charge in [0, 0.05) is 31.3 Å². The van der Waals surface area contributed by atoms with E-state index in [1.54, 1.807) is 0 Å². The third-order valence-electron chi connectivity index (χ3n) is 4.23. The first kappa shape index (κ1) is 16.4. The SMILES string of the molecule is CSC(CC(=O)N(C)CCc1ccccc1)C1CCCN1. The average Bonchev–Trinajstić information content (AvgIpc) is 3.05. The van der Waals surface area contributed by atoms with Crippen molar-refractivity contribution in [2.24, 2.45) is 0 Å². The Labute approximate surface area is 132 Å². The standard InChI is InChI=1S/C17H26N2OS/c1-19(12-10-14-7-4-3-5-8-14)17(20)13-16(21-2)15-9-6-11-18-15/h3-5,7-8,15-16,18H,6,9-13H2,1-2H3. The second kappa shape index (κ2) is 8.44. The van der Waals surface area contributed by atoms with Crippen LogP contribution in [0.25, 0.3) is 0 Å². The zero-order valence-corrected chi connectivity index (χ0v) is 13.9. The molecule has 1 N–H and O–H groups in total. The fourth-order valence-electron chi connectivity index (χ4n) is 2.81. The van der Waals surface area contributed by atoms with E-state index in [1.165, 1.54) is 18.4 Å². The topological polar surface area (TPSA) is 32.3 Å². The molecule has 4 heteroatoms. The molecule has 116 valence electrons. The minimum Gasteiger partial charge on any atom is -0.345 e. The van der Waals surface area contributed by atoms with E-state index in [0.717, 1.165) is 19.5 Å². The predicted octanol–water partition coefficient (Wildman–Crippen LogP) is 2.56. The minimum atomic E-state index is 0.263. The fourth-order valence-corrected chi connectivity index (χ4v) is 3.68. The summed E-state index contributed by atoms with van der Waals surface area (Å²) < 4.78 is 0. The van der Waals surface area contributed by atoms with E-state index in [9.17, 15) is 4.79 Å². The van der Waals surface area contributed by atoms with E-state index in [0.29, 0.717) is 17.7 Å². The van der Waals surface area contributed by atoms with Crippen molar-refractivity contribution in [3.63, 3.8) is 0 Å². The number of likely N-dealkylation sites (N-methyl/N-ethyl adjacent to an activating group) is 1. The number of carbonyl (C=O) groups excluding carboxylic acids is 1. The lowest BCUT2D eigenvalue weighted by Gasteiger charge is -2.24. The molecule has 2 rings (SSSR count). The van der Waals surface area contributed by atoms with Crippen LogP contribution in [0.3, 0.4) is 0 Å². The van der Waals surface area contributed by atoms with Crippen molar-refractivity contribution in [2.75, 3.05) is 26.4 Å². The first-order chi connectivity index (χ1) is 10.2. The first-order valence-electron chi connectivity index (χ1n) is 7.74. The van der Waals surface area contributed by atoms with Gasteiger partial charge in [0.2, 0.25) is 5.91 Å². The molecule has 1 saturated heterocycles. The van der Waals surface area contributed by atoms with E-state index in [-0.39, 0.29) is 5.91 Å². The van der Waals surface area contributed by atoms with E-state index in [2.05, 4.69) is 23.7 Å². The predicted molar refractivity (Wildman–Crippen MR) is 90.7 cm³/mol. The molecule has 21 heavy (non-hydrogen) atoms. The summed E-state index contributed by atoms with van der Waals surface area (Å²) in [6, 6.07) is 10.9. The Hall–Kier alpha value is -1.00. The molecule has 0 aromatic heterocycles. The molecule has 2 atom stereocenters. The summed E-state index contributed by atoms with van der Waals surface area (Å²) in [6.45, 7) is 1.89. The number of amides is 1. The average molecular weight is 306 g/mol. The molecule has 0 bridgehead atoms. The van der Waals surface area contributed by atoms with Gasteiger partial charge in [0.15, 0.2) is 0 Å². The largest absolute Gasteiger partial charge is 0.345 e. The smallest absolute Gasteiger partial charge is 0.223 e. The van der Waals surface area contributed by atoms with Crippen LogP contribution in [-0.2, 0) is 11.2 Å². The maximum absolute atomic E-state index is 12.4. The lowest BCUT2D eigenvalue weighted by Crippen LogP contribution is -2.38. The molecule has 1 aromatic carbocycles. The maximum Gasteiger partial charge on any atom is 0.223 e. The second-order valence-electron chi connectivity index (χ2n) is 5.73. The summed E-state index contributed by atoms with van der Waals surface area (Å²) in [7, 11) is 1.92. The molecular weight excluding hydrogens is 280 g/mol. The summed E-state index contributed by atoms with van der Waals surface area (Å²) >= 11 is 1.82. The Balaban J connectivity index is 1.78. The van der Waals surface area contributed by atoms with Crippen LogP contribution in [0.5, 0.6) is 0 Å². The fraction of sp³-hybridized carbons (Fsp3) is 0.588. The van der Waals surface area contributed by atoms with E-state index in [4.69, 9.17) is 0 Å². The summed E-state index contributed by atoms with van der Waals surface area (Å²) in [5, 5.41) is 3.92. The summed E-state index contributed by atoms with van der Waals surface area (Å²) in [5.74, 6) is 0.263. The van der Waals surface area contributed by atoms with Gasteiger partial charge < -0.3 is 10.2 Å². The van der Waals surface area contributed by atoms with Crippen molar-refractivity contribution < 1.29 is 4.79 Å². The van der Waals surface area contributed by atoms with Crippen LogP contribution in [-0.4, -0.2) is 48.5 Å². The van der Waals surface area contributed by atoms with Gasteiger partial charge in [-0.05, 0) is 37.6 Å². The molecule has 1 fully saturated rings. The Morgan fingerprint density at radius 2 is 2.19 bits per heavy atom. The van der Waals surface area contributed by atoms with Gasteiger partial charge in [-0.25, -0.2) is 0 Å². The molecule has 1 aliphatic heterocycles. The number of nitrogens with one attached hydrogen (secondary N) is 1. The molecule has 0 spiro atoms. The molecule has 2 unspecified atom stereocenters. The van der Waals surface area contributed by atoms with Crippen LogP contribution in [0.4, 0.5) is 0 Å². The van der Waals surface area contributed by atoms with Gasteiger partial charge in [0.05, 0.1) is 0 Å². The lowest BCUT2D eigenvalue weighted by molar-refractivity contribution is -0.129. The van der Waals surface area contributed by atoms with Crippen molar-refractivity contribution in [2.45, 2.75) is 37.0 Å². The number of thioether (sulfide) groups is 1. The molecule has 0 saturated carbocycles. The van der Waals surface area contributed by atoms with Crippen LogP contribution >= 0.6 is 11.8 Å². The van der Waals surface area contributed by atoms with Crippen LogP contribution in [0.1, 0.15) is 24.8 Å². The molecule has 3 nitrogen and oxygen atoms in total. The number of hydrogen-bond acceptors (Lipinski definition) is 3. The number of rotatable bonds is 7.